The highest BCUT2D eigenvalue weighted by Crippen LogP contribution is 1.93. The lowest BCUT2D eigenvalue weighted by Gasteiger charge is -2.09. The van der Waals surface area contributed by atoms with Crippen LogP contribution < -0.4 is 5.32 Å². The first-order valence-corrected chi connectivity index (χ1v) is 2.49. The van der Waals surface area contributed by atoms with Crippen LogP contribution in [0, 0.1) is 0 Å². The average Bonchev–Trinajstić information content (AvgIpc) is 1.65. The molecule has 2 heteroatoms. The van der Waals surface area contributed by atoms with Gasteiger partial charge in [-0.2, -0.15) is 0 Å². The van der Waals surface area contributed by atoms with Gasteiger partial charge in [0, 0.05) is 6.04 Å². The van der Waals surface area contributed by atoms with E-state index in [9.17, 15) is 4.39 Å². The molecule has 0 aliphatic carbocycles. The first-order valence-electron chi connectivity index (χ1n) is 2.49. The Morgan fingerprint density at radius 1 is 1.43 bits per heavy atom. The van der Waals surface area contributed by atoms with Crippen LogP contribution in [0.25, 0.3) is 0 Å². The van der Waals surface area contributed by atoms with Crippen molar-refractivity contribution in [3.05, 3.63) is 0 Å². The lowest BCUT2D eigenvalue weighted by Crippen LogP contribution is -2.29. The molecular formula is C5H12FN. The van der Waals surface area contributed by atoms with Gasteiger partial charge in [-0.25, -0.2) is 4.39 Å². The summed E-state index contributed by atoms with van der Waals surface area (Å²) in [7, 11) is 1.75. The van der Waals surface area contributed by atoms with Gasteiger partial charge in [0.1, 0.15) is 6.17 Å². The number of rotatable bonds is 2. The zero-order chi connectivity index (χ0) is 5.86. The summed E-state index contributed by atoms with van der Waals surface area (Å²) < 4.78 is 12.0. The molecule has 1 N–H and O–H groups in total. The third-order valence-corrected chi connectivity index (χ3v) is 1.14. The topological polar surface area (TPSA) is 12.0 Å². The van der Waals surface area contributed by atoms with E-state index < -0.39 is 6.17 Å². The largest absolute Gasteiger partial charge is 0.314 e. The van der Waals surface area contributed by atoms with Crippen molar-refractivity contribution in [1.82, 2.24) is 5.32 Å². The molecule has 0 aliphatic rings. The van der Waals surface area contributed by atoms with Crippen molar-refractivity contribution in [2.24, 2.45) is 0 Å². The van der Waals surface area contributed by atoms with Gasteiger partial charge in [0.25, 0.3) is 0 Å². The van der Waals surface area contributed by atoms with Gasteiger partial charge >= 0.3 is 0 Å². The Kier molecular flexibility index (Phi) is 2.92. The van der Waals surface area contributed by atoms with Gasteiger partial charge in [0.15, 0.2) is 0 Å². The van der Waals surface area contributed by atoms with Crippen LogP contribution in [0.1, 0.15) is 13.8 Å². The highest BCUT2D eigenvalue weighted by molar-refractivity contribution is 4.62. The second-order valence-corrected chi connectivity index (χ2v) is 1.75. The Hall–Kier alpha value is -0.110. The molecule has 0 radical (unpaired) electrons. The zero-order valence-electron chi connectivity index (χ0n) is 5.03. The second kappa shape index (κ2) is 2.97. The molecule has 0 bridgehead atoms. The van der Waals surface area contributed by atoms with Crippen molar-refractivity contribution in [3.8, 4) is 0 Å². The fraction of sp³-hybridized carbons (Fsp3) is 1.00. The van der Waals surface area contributed by atoms with E-state index in [0.29, 0.717) is 0 Å². The minimum absolute atomic E-state index is 0.0139. The van der Waals surface area contributed by atoms with E-state index >= 15 is 0 Å². The van der Waals surface area contributed by atoms with Gasteiger partial charge in [0.2, 0.25) is 0 Å². The van der Waals surface area contributed by atoms with Crippen LogP contribution >= 0.6 is 0 Å². The summed E-state index contributed by atoms with van der Waals surface area (Å²) in [4.78, 5) is 0. The van der Waals surface area contributed by atoms with Gasteiger partial charge in [-0.1, -0.05) is 0 Å². The summed E-state index contributed by atoms with van der Waals surface area (Å²) in [6, 6.07) is -0.0139. The molecule has 0 aromatic heterocycles. The molecule has 0 aromatic carbocycles. The first-order chi connectivity index (χ1) is 3.18. The number of alkyl halides is 1. The van der Waals surface area contributed by atoms with E-state index in [0.717, 1.165) is 0 Å². The van der Waals surface area contributed by atoms with Crippen molar-refractivity contribution in [1.29, 1.82) is 0 Å². The molecule has 1 nitrogen and oxygen atoms in total. The van der Waals surface area contributed by atoms with Crippen molar-refractivity contribution < 1.29 is 4.39 Å². The quantitative estimate of drug-likeness (QED) is 0.551. The molecule has 0 fully saturated rings. The third-order valence-electron chi connectivity index (χ3n) is 1.14. The van der Waals surface area contributed by atoms with Crippen LogP contribution in [0.4, 0.5) is 4.39 Å². The lowest BCUT2D eigenvalue weighted by molar-refractivity contribution is 0.292. The Morgan fingerprint density at radius 2 is 1.86 bits per heavy atom. The van der Waals surface area contributed by atoms with E-state index in [1.807, 2.05) is 6.92 Å². The number of nitrogens with one attached hydrogen (secondary N) is 1. The summed E-state index contributed by atoms with van der Waals surface area (Å²) >= 11 is 0. The monoisotopic (exact) mass is 105 g/mol. The number of halogens is 1. The van der Waals surface area contributed by atoms with E-state index in [4.69, 9.17) is 0 Å². The highest BCUT2D eigenvalue weighted by atomic mass is 19.1. The summed E-state index contributed by atoms with van der Waals surface area (Å²) in [5.41, 5.74) is 0. The van der Waals surface area contributed by atoms with E-state index in [-0.39, 0.29) is 6.04 Å². The van der Waals surface area contributed by atoms with Crippen molar-refractivity contribution in [2.75, 3.05) is 7.05 Å². The summed E-state index contributed by atoms with van der Waals surface area (Å²) in [5.74, 6) is 0. The normalized spacial score (nSPS) is 18.9. The van der Waals surface area contributed by atoms with E-state index in [2.05, 4.69) is 5.32 Å². The molecule has 0 aromatic rings. The predicted octanol–water partition coefficient (Wildman–Crippen LogP) is 0.952. The summed E-state index contributed by atoms with van der Waals surface area (Å²) in [5, 5.41) is 2.79. The van der Waals surface area contributed by atoms with E-state index in [1.54, 1.807) is 14.0 Å². The van der Waals surface area contributed by atoms with Gasteiger partial charge in [-0.15, -0.1) is 0 Å². The van der Waals surface area contributed by atoms with Crippen LogP contribution in [0.3, 0.4) is 0 Å². The molecule has 2 atom stereocenters. The van der Waals surface area contributed by atoms with Crippen molar-refractivity contribution >= 4 is 0 Å². The molecular weight excluding hydrogens is 93.1 g/mol. The molecule has 0 aliphatic heterocycles. The molecule has 0 amide bonds. The molecule has 0 spiro atoms. The maximum atomic E-state index is 12.0. The predicted molar refractivity (Wildman–Crippen MR) is 29.1 cm³/mol. The van der Waals surface area contributed by atoms with Gasteiger partial charge in [-0.05, 0) is 20.9 Å². The van der Waals surface area contributed by atoms with Gasteiger partial charge < -0.3 is 5.32 Å². The average molecular weight is 105 g/mol. The van der Waals surface area contributed by atoms with Crippen LogP contribution in [-0.4, -0.2) is 19.3 Å². The zero-order valence-corrected chi connectivity index (χ0v) is 5.03. The third kappa shape index (κ3) is 2.57. The maximum absolute atomic E-state index is 12.0. The van der Waals surface area contributed by atoms with Crippen LogP contribution in [0.5, 0.6) is 0 Å². The lowest BCUT2D eigenvalue weighted by atomic mass is 10.2. The van der Waals surface area contributed by atoms with E-state index in [1.165, 1.54) is 0 Å². The summed E-state index contributed by atoms with van der Waals surface area (Å²) in [6.45, 7) is 3.35. The molecule has 7 heavy (non-hydrogen) atoms. The molecule has 1 unspecified atom stereocenters. The molecule has 44 valence electrons. The molecule has 0 saturated heterocycles. The van der Waals surface area contributed by atoms with Crippen LogP contribution in [-0.2, 0) is 0 Å². The molecule has 0 saturated carbocycles. The molecule has 0 rings (SSSR count). The number of hydrogen-bond donors (Lipinski definition) is 1. The second-order valence-electron chi connectivity index (χ2n) is 1.75. The minimum Gasteiger partial charge on any atom is -0.314 e. The Bertz CT molecular complexity index is 45.3. The van der Waals surface area contributed by atoms with Crippen molar-refractivity contribution in [3.63, 3.8) is 0 Å². The first kappa shape index (κ1) is 6.89. The highest BCUT2D eigenvalue weighted by Gasteiger charge is 2.04. The van der Waals surface area contributed by atoms with Crippen LogP contribution in [0.2, 0.25) is 0 Å². The SMILES string of the molecule is CN[C@H](C)C(C)F. The Morgan fingerprint density at radius 3 is 1.86 bits per heavy atom. The fourth-order valence-electron chi connectivity index (χ4n) is 0.230. The van der Waals surface area contributed by atoms with Crippen molar-refractivity contribution in [2.45, 2.75) is 26.1 Å². The minimum atomic E-state index is -0.745. The summed E-state index contributed by atoms with van der Waals surface area (Å²) in [6.07, 6.45) is -0.745. The number of hydrogen-bond acceptors (Lipinski definition) is 1. The fourth-order valence-corrected chi connectivity index (χ4v) is 0.230. The maximum Gasteiger partial charge on any atom is 0.112 e. The molecule has 0 heterocycles. The van der Waals surface area contributed by atoms with Crippen LogP contribution in [0.15, 0.2) is 0 Å². The van der Waals surface area contributed by atoms with Gasteiger partial charge in [0.05, 0.1) is 0 Å². The standard InChI is InChI=1S/C5H12FN/c1-4(6)5(2)7-3/h4-5,7H,1-3H3/t4?,5-/m1/s1. The smallest absolute Gasteiger partial charge is 0.112 e. The Balaban J connectivity index is 3.14. The Labute approximate surface area is 43.9 Å². The van der Waals surface area contributed by atoms with Gasteiger partial charge in [-0.3, -0.25) is 0 Å².